The first-order valence-corrected chi connectivity index (χ1v) is 6.68. The van der Waals surface area contributed by atoms with Crippen LogP contribution >= 0.6 is 0 Å². The van der Waals surface area contributed by atoms with Crippen LogP contribution in [0, 0.1) is 5.41 Å². The second-order valence-electron chi connectivity index (χ2n) is 5.40. The second-order valence-corrected chi connectivity index (χ2v) is 5.40. The molecule has 1 aliphatic carbocycles. The number of carbonyl (C=O) groups is 1. The fourth-order valence-corrected chi connectivity index (χ4v) is 3.58. The molecule has 1 aromatic rings. The molecule has 3 nitrogen and oxygen atoms in total. The van der Waals surface area contributed by atoms with E-state index in [1.807, 2.05) is 12.1 Å². The SMILES string of the molecule is COc1ccc([C@H]2CNC(=O)C23CCCC3)cc1. The molecule has 96 valence electrons. The number of hydrogen-bond acceptors (Lipinski definition) is 2. The molecule has 1 spiro atoms. The summed E-state index contributed by atoms with van der Waals surface area (Å²) in [7, 11) is 1.67. The van der Waals surface area contributed by atoms with Gasteiger partial charge >= 0.3 is 0 Å². The minimum atomic E-state index is -0.130. The minimum Gasteiger partial charge on any atom is -0.497 e. The fourth-order valence-electron chi connectivity index (χ4n) is 3.58. The van der Waals surface area contributed by atoms with Crippen molar-refractivity contribution in [1.82, 2.24) is 5.32 Å². The average Bonchev–Trinajstić information content (AvgIpc) is 3.01. The molecular weight excluding hydrogens is 226 g/mol. The Morgan fingerprint density at radius 2 is 1.89 bits per heavy atom. The fraction of sp³-hybridized carbons (Fsp3) is 0.533. The van der Waals surface area contributed by atoms with Gasteiger partial charge in [-0.15, -0.1) is 0 Å². The van der Waals surface area contributed by atoms with Crippen LogP contribution in [0.4, 0.5) is 0 Å². The number of hydrogen-bond donors (Lipinski definition) is 1. The number of methoxy groups -OCH3 is 1. The first kappa shape index (κ1) is 11.6. The molecule has 18 heavy (non-hydrogen) atoms. The lowest BCUT2D eigenvalue weighted by molar-refractivity contribution is -0.127. The topological polar surface area (TPSA) is 38.3 Å². The van der Waals surface area contributed by atoms with Crippen molar-refractivity contribution < 1.29 is 9.53 Å². The highest BCUT2D eigenvalue weighted by atomic mass is 16.5. The summed E-state index contributed by atoms with van der Waals surface area (Å²) >= 11 is 0. The molecule has 1 amide bonds. The van der Waals surface area contributed by atoms with Gasteiger partial charge in [0.2, 0.25) is 5.91 Å². The number of ether oxygens (including phenoxy) is 1. The van der Waals surface area contributed by atoms with Crippen LogP contribution in [0.5, 0.6) is 5.75 Å². The monoisotopic (exact) mass is 245 g/mol. The van der Waals surface area contributed by atoms with Crippen molar-refractivity contribution in [2.45, 2.75) is 31.6 Å². The predicted octanol–water partition coefficient (Wildman–Crippen LogP) is 2.47. The third kappa shape index (κ3) is 1.61. The Labute approximate surface area is 108 Å². The van der Waals surface area contributed by atoms with E-state index in [1.165, 1.54) is 18.4 Å². The third-order valence-electron chi connectivity index (χ3n) is 4.60. The summed E-state index contributed by atoms with van der Waals surface area (Å²) in [5, 5.41) is 3.06. The van der Waals surface area contributed by atoms with E-state index in [2.05, 4.69) is 17.4 Å². The molecule has 3 rings (SSSR count). The van der Waals surface area contributed by atoms with E-state index in [4.69, 9.17) is 4.74 Å². The van der Waals surface area contributed by atoms with E-state index in [0.717, 1.165) is 25.1 Å². The average molecular weight is 245 g/mol. The van der Waals surface area contributed by atoms with Crippen molar-refractivity contribution >= 4 is 5.91 Å². The van der Waals surface area contributed by atoms with Gasteiger partial charge < -0.3 is 10.1 Å². The summed E-state index contributed by atoms with van der Waals surface area (Å²) in [6.45, 7) is 0.783. The Hall–Kier alpha value is -1.51. The zero-order valence-electron chi connectivity index (χ0n) is 10.7. The summed E-state index contributed by atoms with van der Waals surface area (Å²) in [6.07, 6.45) is 4.44. The van der Waals surface area contributed by atoms with Crippen LogP contribution in [-0.4, -0.2) is 19.6 Å². The summed E-state index contributed by atoms with van der Waals surface area (Å²) < 4.78 is 5.19. The zero-order valence-corrected chi connectivity index (χ0v) is 10.7. The molecule has 0 bridgehead atoms. The number of carbonyl (C=O) groups excluding carboxylic acids is 1. The van der Waals surface area contributed by atoms with Crippen LogP contribution in [0.1, 0.15) is 37.2 Å². The first-order valence-electron chi connectivity index (χ1n) is 6.68. The molecule has 1 N–H and O–H groups in total. The lowest BCUT2D eigenvalue weighted by Gasteiger charge is -2.28. The van der Waals surface area contributed by atoms with E-state index < -0.39 is 0 Å². The maximum absolute atomic E-state index is 12.2. The standard InChI is InChI=1S/C15H19NO2/c1-18-12-6-4-11(5-7-12)13-10-16-14(17)15(13)8-2-3-9-15/h4-7,13H,2-3,8-10H2,1H3,(H,16,17)/t13-/m1/s1. The van der Waals surface area contributed by atoms with Crippen molar-refractivity contribution in [3.8, 4) is 5.75 Å². The van der Waals surface area contributed by atoms with Gasteiger partial charge in [0.15, 0.2) is 0 Å². The third-order valence-corrected chi connectivity index (χ3v) is 4.60. The lowest BCUT2D eigenvalue weighted by Crippen LogP contribution is -2.31. The van der Waals surface area contributed by atoms with Crippen LogP contribution < -0.4 is 10.1 Å². The summed E-state index contributed by atoms with van der Waals surface area (Å²) in [5.41, 5.74) is 1.13. The Kier molecular flexibility index (Phi) is 2.77. The van der Waals surface area contributed by atoms with Crippen molar-refractivity contribution in [2.75, 3.05) is 13.7 Å². The van der Waals surface area contributed by atoms with Gasteiger partial charge in [0, 0.05) is 12.5 Å². The van der Waals surface area contributed by atoms with Crippen LogP contribution in [-0.2, 0) is 4.79 Å². The number of amides is 1. The molecule has 1 aliphatic heterocycles. The zero-order chi connectivity index (χ0) is 12.6. The Morgan fingerprint density at radius 3 is 2.50 bits per heavy atom. The highest BCUT2D eigenvalue weighted by molar-refractivity contribution is 5.86. The van der Waals surface area contributed by atoms with Crippen molar-refractivity contribution in [3.63, 3.8) is 0 Å². The van der Waals surface area contributed by atoms with Gasteiger partial charge in [-0.05, 0) is 30.5 Å². The molecule has 0 radical (unpaired) electrons. The van der Waals surface area contributed by atoms with Gasteiger partial charge in [0.1, 0.15) is 5.75 Å². The number of rotatable bonds is 2. The highest BCUT2D eigenvalue weighted by Gasteiger charge is 2.51. The number of nitrogens with one attached hydrogen (secondary N) is 1. The molecule has 1 heterocycles. The Bertz CT molecular complexity index is 446. The van der Waals surface area contributed by atoms with E-state index in [0.29, 0.717) is 5.92 Å². The first-order chi connectivity index (χ1) is 8.76. The summed E-state index contributed by atoms with van der Waals surface area (Å²) in [4.78, 5) is 12.2. The molecule has 1 saturated carbocycles. The van der Waals surface area contributed by atoms with E-state index in [-0.39, 0.29) is 11.3 Å². The van der Waals surface area contributed by atoms with Crippen LogP contribution in [0.15, 0.2) is 24.3 Å². The molecule has 2 fully saturated rings. The molecule has 2 aliphatic rings. The summed E-state index contributed by atoms with van der Waals surface area (Å²) in [5.74, 6) is 1.47. The van der Waals surface area contributed by atoms with Gasteiger partial charge in [-0.2, -0.15) is 0 Å². The Balaban J connectivity index is 1.92. The summed E-state index contributed by atoms with van der Waals surface area (Å²) in [6, 6.07) is 8.18. The quantitative estimate of drug-likeness (QED) is 0.869. The van der Waals surface area contributed by atoms with Crippen molar-refractivity contribution in [3.05, 3.63) is 29.8 Å². The Morgan fingerprint density at radius 1 is 1.22 bits per heavy atom. The maximum Gasteiger partial charge on any atom is 0.226 e. The molecule has 0 aromatic heterocycles. The molecule has 1 atom stereocenters. The van der Waals surface area contributed by atoms with Crippen molar-refractivity contribution in [2.24, 2.45) is 5.41 Å². The van der Waals surface area contributed by atoms with E-state index >= 15 is 0 Å². The normalized spacial score (nSPS) is 25.4. The smallest absolute Gasteiger partial charge is 0.226 e. The molecular formula is C15H19NO2. The van der Waals surface area contributed by atoms with Crippen molar-refractivity contribution in [1.29, 1.82) is 0 Å². The maximum atomic E-state index is 12.2. The van der Waals surface area contributed by atoms with Gasteiger partial charge in [-0.25, -0.2) is 0 Å². The van der Waals surface area contributed by atoms with Gasteiger partial charge in [0.05, 0.1) is 12.5 Å². The molecule has 0 unspecified atom stereocenters. The molecule has 3 heteroatoms. The lowest BCUT2D eigenvalue weighted by atomic mass is 9.73. The van der Waals surface area contributed by atoms with Crippen LogP contribution in [0.25, 0.3) is 0 Å². The molecule has 1 saturated heterocycles. The second kappa shape index (κ2) is 4.30. The van der Waals surface area contributed by atoms with Gasteiger partial charge in [-0.3, -0.25) is 4.79 Å². The highest BCUT2D eigenvalue weighted by Crippen LogP contribution is 2.51. The largest absolute Gasteiger partial charge is 0.497 e. The molecule has 1 aromatic carbocycles. The van der Waals surface area contributed by atoms with E-state index in [1.54, 1.807) is 7.11 Å². The van der Waals surface area contributed by atoms with Gasteiger partial charge in [0.25, 0.3) is 0 Å². The minimum absolute atomic E-state index is 0.130. The van der Waals surface area contributed by atoms with Gasteiger partial charge in [-0.1, -0.05) is 25.0 Å². The van der Waals surface area contributed by atoms with E-state index in [9.17, 15) is 4.79 Å². The number of benzene rings is 1. The van der Waals surface area contributed by atoms with Crippen LogP contribution in [0.3, 0.4) is 0 Å². The predicted molar refractivity (Wildman–Crippen MR) is 69.6 cm³/mol. The van der Waals surface area contributed by atoms with Crippen LogP contribution in [0.2, 0.25) is 0 Å².